The average Bonchev–Trinajstić information content (AvgIpc) is 3.47. The van der Waals surface area contributed by atoms with Gasteiger partial charge in [0, 0.05) is 25.3 Å². The number of imidazole rings is 1. The molecule has 0 aromatic carbocycles. The summed E-state index contributed by atoms with van der Waals surface area (Å²) in [5.41, 5.74) is 2.63. The molecule has 174 valence electrons. The maximum atomic E-state index is 12.8. The zero-order valence-corrected chi connectivity index (χ0v) is 20.9. The Labute approximate surface area is 209 Å². The molecule has 1 aliphatic carbocycles. The number of thiophene rings is 1. The van der Waals surface area contributed by atoms with Gasteiger partial charge in [0.2, 0.25) is 0 Å². The van der Waals surface area contributed by atoms with Crippen LogP contribution >= 0.6 is 27.3 Å². The summed E-state index contributed by atoms with van der Waals surface area (Å²) in [5, 5.41) is 5.82. The number of carbonyl (C=O) groups excluding carboxylic acids is 2. The molecule has 34 heavy (non-hydrogen) atoms. The summed E-state index contributed by atoms with van der Waals surface area (Å²) in [5.74, 6) is 0.445. The third kappa shape index (κ3) is 4.47. The Bertz CT molecular complexity index is 1350. The van der Waals surface area contributed by atoms with Crippen LogP contribution in [-0.2, 0) is 0 Å². The van der Waals surface area contributed by atoms with Crippen LogP contribution in [0.3, 0.4) is 0 Å². The molecule has 0 saturated heterocycles. The van der Waals surface area contributed by atoms with Gasteiger partial charge in [-0.2, -0.15) is 0 Å². The molecule has 5 rings (SSSR count). The molecule has 2 atom stereocenters. The quantitative estimate of drug-likeness (QED) is 0.386. The lowest BCUT2D eigenvalue weighted by molar-refractivity contribution is 0.0923. The molecule has 1 fully saturated rings. The van der Waals surface area contributed by atoms with Gasteiger partial charge in [0.1, 0.15) is 11.4 Å². The van der Waals surface area contributed by atoms with Crippen molar-refractivity contribution in [2.75, 3.05) is 7.05 Å². The lowest BCUT2D eigenvalue weighted by atomic mass is 9.90. The number of halogens is 1. The summed E-state index contributed by atoms with van der Waals surface area (Å²) >= 11 is 4.85. The summed E-state index contributed by atoms with van der Waals surface area (Å²) in [6.07, 6.45) is 7.11. The van der Waals surface area contributed by atoms with Gasteiger partial charge in [0.05, 0.1) is 25.9 Å². The van der Waals surface area contributed by atoms with Gasteiger partial charge in [-0.25, -0.2) is 9.97 Å². The molecule has 4 aromatic heterocycles. The van der Waals surface area contributed by atoms with Crippen LogP contribution < -0.4 is 10.6 Å². The van der Waals surface area contributed by atoms with Gasteiger partial charge in [-0.3, -0.25) is 14.6 Å². The van der Waals surface area contributed by atoms with E-state index in [1.807, 2.05) is 30.3 Å². The highest BCUT2D eigenvalue weighted by molar-refractivity contribution is 9.11. The average molecular weight is 539 g/mol. The van der Waals surface area contributed by atoms with Crippen molar-refractivity contribution in [3.05, 3.63) is 63.1 Å². The Morgan fingerprint density at radius 1 is 1.15 bits per heavy atom. The van der Waals surface area contributed by atoms with Crippen LogP contribution in [0.5, 0.6) is 0 Å². The maximum absolute atomic E-state index is 12.8. The fourth-order valence-electron chi connectivity index (χ4n) is 4.51. The lowest BCUT2D eigenvalue weighted by Crippen LogP contribution is -2.38. The fourth-order valence-corrected chi connectivity index (χ4v) is 5.80. The van der Waals surface area contributed by atoms with E-state index in [-0.39, 0.29) is 23.9 Å². The Hall–Kier alpha value is -3.11. The van der Waals surface area contributed by atoms with E-state index in [2.05, 4.69) is 41.1 Å². The Morgan fingerprint density at radius 2 is 2.03 bits per heavy atom. The summed E-state index contributed by atoms with van der Waals surface area (Å²) in [7, 11) is 1.58. The molecule has 10 heteroatoms. The molecule has 0 radical (unpaired) electrons. The van der Waals surface area contributed by atoms with Crippen molar-refractivity contribution >= 4 is 50.1 Å². The SMILES string of the molecule is CNC(=O)c1cc2nc(-c3ccccn3)n([C@@H]3CCC[C@H](NC(=O)c4ccc(Br)s4)C3)c2cn1. The topological polar surface area (TPSA) is 102 Å². The third-order valence-corrected chi connectivity index (χ3v) is 7.70. The van der Waals surface area contributed by atoms with E-state index in [0.29, 0.717) is 16.1 Å². The van der Waals surface area contributed by atoms with Gasteiger partial charge in [0.25, 0.3) is 11.8 Å². The summed E-state index contributed by atoms with van der Waals surface area (Å²) in [6, 6.07) is 11.3. The minimum atomic E-state index is -0.253. The van der Waals surface area contributed by atoms with Crippen LogP contribution in [0.15, 0.2) is 52.6 Å². The van der Waals surface area contributed by atoms with Crippen LogP contribution in [0.1, 0.15) is 51.9 Å². The first-order valence-corrected chi connectivity index (χ1v) is 12.7. The number of aromatic nitrogens is 4. The summed E-state index contributed by atoms with van der Waals surface area (Å²) in [6.45, 7) is 0. The highest BCUT2D eigenvalue weighted by Crippen LogP contribution is 2.36. The lowest BCUT2D eigenvalue weighted by Gasteiger charge is -2.31. The van der Waals surface area contributed by atoms with Crippen molar-refractivity contribution in [1.29, 1.82) is 0 Å². The van der Waals surface area contributed by atoms with Crippen LogP contribution in [0.4, 0.5) is 0 Å². The number of pyridine rings is 2. The molecule has 4 aromatic rings. The fraction of sp³-hybridized carbons (Fsp3) is 0.292. The van der Waals surface area contributed by atoms with Crippen molar-refractivity contribution in [2.45, 2.75) is 37.8 Å². The first kappa shape index (κ1) is 22.7. The maximum Gasteiger partial charge on any atom is 0.269 e. The number of hydrogen-bond donors (Lipinski definition) is 2. The van der Waals surface area contributed by atoms with E-state index >= 15 is 0 Å². The molecule has 0 aliphatic heterocycles. The van der Waals surface area contributed by atoms with Crippen LogP contribution in [0.2, 0.25) is 0 Å². The van der Waals surface area contributed by atoms with E-state index in [1.165, 1.54) is 11.3 Å². The largest absolute Gasteiger partial charge is 0.354 e. The minimum Gasteiger partial charge on any atom is -0.354 e. The standard InChI is InChI=1S/C24H23BrN6O2S/c1-26-23(32)18-12-17-19(13-28-18)31(22(30-17)16-7-2-3-10-27-16)15-6-4-5-14(11-15)29-24(33)20-8-9-21(25)34-20/h2-3,7-10,12-15H,4-6,11H2,1H3,(H,26,32)(H,29,33)/t14-,15+/m0/s1. The number of nitrogens with one attached hydrogen (secondary N) is 2. The molecule has 0 spiro atoms. The number of carbonyl (C=O) groups is 2. The molecular weight excluding hydrogens is 516 g/mol. The first-order valence-electron chi connectivity index (χ1n) is 11.1. The number of amides is 2. The van der Waals surface area contributed by atoms with Crippen LogP contribution in [0, 0.1) is 0 Å². The van der Waals surface area contributed by atoms with Gasteiger partial charge < -0.3 is 15.2 Å². The normalized spacial score (nSPS) is 18.1. The summed E-state index contributed by atoms with van der Waals surface area (Å²) in [4.78, 5) is 39.3. The van der Waals surface area contributed by atoms with Crippen molar-refractivity contribution in [3.63, 3.8) is 0 Å². The monoisotopic (exact) mass is 538 g/mol. The van der Waals surface area contributed by atoms with Gasteiger partial charge in [-0.1, -0.05) is 6.07 Å². The van der Waals surface area contributed by atoms with E-state index in [9.17, 15) is 9.59 Å². The zero-order valence-electron chi connectivity index (χ0n) is 18.5. The summed E-state index contributed by atoms with van der Waals surface area (Å²) < 4.78 is 3.12. The molecule has 4 heterocycles. The predicted octanol–water partition coefficient (Wildman–Crippen LogP) is 4.59. The van der Waals surface area contributed by atoms with E-state index in [4.69, 9.17) is 4.98 Å². The predicted molar refractivity (Wildman–Crippen MR) is 135 cm³/mol. The van der Waals surface area contributed by atoms with Gasteiger partial charge in [-0.05, 0) is 71.9 Å². The zero-order chi connectivity index (χ0) is 23.7. The van der Waals surface area contributed by atoms with Crippen LogP contribution in [-0.4, -0.2) is 44.4 Å². The number of fused-ring (bicyclic) bond motifs is 1. The van der Waals surface area contributed by atoms with Gasteiger partial charge in [-0.15, -0.1) is 11.3 Å². The first-order chi connectivity index (χ1) is 16.5. The van der Waals surface area contributed by atoms with Crippen LogP contribution in [0.25, 0.3) is 22.6 Å². The van der Waals surface area contributed by atoms with Gasteiger partial charge in [0.15, 0.2) is 5.82 Å². The molecule has 2 N–H and O–H groups in total. The number of nitrogens with zero attached hydrogens (tertiary/aromatic N) is 4. The second kappa shape index (κ2) is 9.63. The van der Waals surface area contributed by atoms with Crippen molar-refractivity contribution in [2.24, 2.45) is 0 Å². The molecule has 8 nitrogen and oxygen atoms in total. The highest BCUT2D eigenvalue weighted by atomic mass is 79.9. The molecule has 0 unspecified atom stereocenters. The van der Waals surface area contributed by atoms with E-state index < -0.39 is 0 Å². The number of hydrogen-bond acceptors (Lipinski definition) is 6. The second-order valence-corrected chi connectivity index (χ2v) is 10.7. The Kier molecular flexibility index (Phi) is 6.42. The Balaban J connectivity index is 1.49. The number of rotatable bonds is 5. The highest BCUT2D eigenvalue weighted by Gasteiger charge is 2.29. The molecular formula is C24H23BrN6O2S. The van der Waals surface area contributed by atoms with E-state index in [0.717, 1.165) is 46.5 Å². The molecule has 1 aliphatic rings. The van der Waals surface area contributed by atoms with Crippen molar-refractivity contribution in [3.8, 4) is 11.5 Å². The smallest absolute Gasteiger partial charge is 0.269 e. The molecule has 2 amide bonds. The second-order valence-electron chi connectivity index (χ2n) is 8.25. The van der Waals surface area contributed by atoms with Gasteiger partial charge >= 0.3 is 0 Å². The van der Waals surface area contributed by atoms with E-state index in [1.54, 1.807) is 25.5 Å². The minimum absolute atomic E-state index is 0.0429. The third-order valence-electron chi connectivity index (χ3n) is 6.07. The van der Waals surface area contributed by atoms with Crippen molar-refractivity contribution in [1.82, 2.24) is 30.2 Å². The van der Waals surface area contributed by atoms with Crippen molar-refractivity contribution < 1.29 is 9.59 Å². The Morgan fingerprint density at radius 3 is 2.76 bits per heavy atom. The molecule has 1 saturated carbocycles. The molecule has 0 bridgehead atoms.